The summed E-state index contributed by atoms with van der Waals surface area (Å²) in [4.78, 5) is -0.0666. The van der Waals surface area contributed by atoms with Crippen molar-refractivity contribution in [1.29, 1.82) is 0 Å². The van der Waals surface area contributed by atoms with Crippen molar-refractivity contribution in [3.05, 3.63) is 59.7 Å². The van der Waals surface area contributed by atoms with Gasteiger partial charge in [-0.3, -0.25) is 4.55 Å². The lowest BCUT2D eigenvalue weighted by atomic mass is 9.82. The molecule has 3 rings (SSSR count). The van der Waals surface area contributed by atoms with Gasteiger partial charge in [-0.05, 0) is 39.8 Å². The molecule has 1 aliphatic heterocycles. The molecular weight excluding hydrogens is 334 g/mol. The van der Waals surface area contributed by atoms with E-state index < -0.39 is 10.1 Å². The Kier molecular flexibility index (Phi) is 5.49. The molecule has 0 unspecified atom stereocenters. The van der Waals surface area contributed by atoms with Gasteiger partial charge in [0.2, 0.25) is 5.69 Å². The molecule has 0 spiro atoms. The molecule has 2 aromatic carbocycles. The maximum Gasteiger partial charge on any atom is 0.294 e. The number of rotatable bonds is 2. The number of hydrogen-bond acceptors (Lipinski definition) is 2. The van der Waals surface area contributed by atoms with E-state index in [0.717, 1.165) is 12.1 Å². The Morgan fingerprint density at radius 2 is 1.56 bits per heavy atom. The predicted octanol–water partition coefficient (Wildman–Crippen LogP) is 4.34. The van der Waals surface area contributed by atoms with Crippen molar-refractivity contribution < 1.29 is 17.5 Å². The first-order valence-electron chi connectivity index (χ1n) is 8.34. The number of aryl methyl sites for hydroxylation is 1. The summed E-state index contributed by atoms with van der Waals surface area (Å²) in [5.41, 5.74) is 5.46. The van der Waals surface area contributed by atoms with Gasteiger partial charge in [-0.25, -0.2) is 0 Å². The maximum absolute atomic E-state index is 10.5. The molecule has 0 radical (unpaired) electrons. The van der Waals surface area contributed by atoms with Crippen LogP contribution >= 0.6 is 0 Å². The van der Waals surface area contributed by atoms with Gasteiger partial charge in [0.15, 0.2) is 5.71 Å². The monoisotopic (exact) mass is 360 g/mol. The minimum atomic E-state index is -4.02. The summed E-state index contributed by atoms with van der Waals surface area (Å²) in [6.45, 7) is 12.0. The summed E-state index contributed by atoms with van der Waals surface area (Å²) in [5.74, 6) is 0. The molecule has 0 bridgehead atoms. The van der Waals surface area contributed by atoms with Crippen LogP contribution in [0.3, 0.4) is 0 Å². The SMILES string of the molecule is CC[N+]1=C(C)C(C)(C)c2ccccc21.Cc1ccc(S(=O)(=O)O)cc1. The second kappa shape index (κ2) is 7.10. The number of nitrogens with zero attached hydrogens (tertiary/aromatic N) is 1. The van der Waals surface area contributed by atoms with Gasteiger partial charge in [-0.1, -0.05) is 35.9 Å². The zero-order chi connectivity index (χ0) is 18.8. The third kappa shape index (κ3) is 3.99. The van der Waals surface area contributed by atoms with E-state index in [2.05, 4.69) is 56.5 Å². The van der Waals surface area contributed by atoms with Gasteiger partial charge in [-0.2, -0.15) is 13.0 Å². The average molecular weight is 360 g/mol. The summed E-state index contributed by atoms with van der Waals surface area (Å²) in [6.07, 6.45) is 0. The van der Waals surface area contributed by atoms with Gasteiger partial charge in [-0.15, -0.1) is 0 Å². The van der Waals surface area contributed by atoms with Gasteiger partial charge in [0.1, 0.15) is 6.54 Å². The third-order valence-electron chi connectivity index (χ3n) is 4.81. The lowest BCUT2D eigenvalue weighted by Gasteiger charge is -2.14. The highest BCUT2D eigenvalue weighted by Gasteiger charge is 2.41. The molecule has 4 nitrogen and oxygen atoms in total. The van der Waals surface area contributed by atoms with E-state index >= 15 is 0 Å². The van der Waals surface area contributed by atoms with Crippen LogP contribution in [-0.2, 0) is 15.5 Å². The van der Waals surface area contributed by atoms with Gasteiger partial charge >= 0.3 is 0 Å². The molecular formula is C20H26NO3S+. The van der Waals surface area contributed by atoms with Crippen molar-refractivity contribution in [3.63, 3.8) is 0 Å². The average Bonchev–Trinajstić information content (AvgIpc) is 2.75. The highest BCUT2D eigenvalue weighted by molar-refractivity contribution is 7.85. The summed E-state index contributed by atoms with van der Waals surface area (Å²) >= 11 is 0. The van der Waals surface area contributed by atoms with Crippen LogP contribution < -0.4 is 0 Å². The molecule has 134 valence electrons. The van der Waals surface area contributed by atoms with Crippen LogP contribution in [0.4, 0.5) is 5.69 Å². The normalized spacial score (nSPS) is 15.4. The zero-order valence-corrected chi connectivity index (χ0v) is 16.3. The standard InChI is InChI=1S/C13H18N.C7H8O3S/c1-5-14-10(2)13(3,4)11-8-6-7-9-12(11)14;1-6-2-4-7(5-3-6)11(8,9)10/h6-9H,5H2,1-4H3;2-5H,1H3,(H,8,9,10)/q+1;. The van der Waals surface area contributed by atoms with Crippen LogP contribution in [0.5, 0.6) is 0 Å². The molecule has 0 fully saturated rings. The molecule has 0 saturated heterocycles. The van der Waals surface area contributed by atoms with Gasteiger partial charge in [0.25, 0.3) is 10.1 Å². The highest BCUT2D eigenvalue weighted by Crippen LogP contribution is 2.38. The summed E-state index contributed by atoms with van der Waals surface area (Å²) < 4.78 is 32.0. The molecule has 25 heavy (non-hydrogen) atoms. The van der Waals surface area contributed by atoms with Crippen molar-refractivity contribution in [2.45, 2.75) is 44.9 Å². The van der Waals surface area contributed by atoms with Crippen LogP contribution in [-0.4, -0.2) is 29.8 Å². The molecule has 0 aliphatic carbocycles. The number of fused-ring (bicyclic) bond motifs is 1. The largest absolute Gasteiger partial charge is 0.294 e. The topological polar surface area (TPSA) is 57.4 Å². The minimum absolute atomic E-state index is 0.0666. The summed E-state index contributed by atoms with van der Waals surface area (Å²) in [5, 5.41) is 0. The molecule has 0 atom stereocenters. The fourth-order valence-electron chi connectivity index (χ4n) is 3.07. The van der Waals surface area contributed by atoms with E-state index in [9.17, 15) is 8.42 Å². The van der Waals surface area contributed by atoms with Gasteiger partial charge in [0.05, 0.1) is 10.3 Å². The molecule has 1 N–H and O–H groups in total. The zero-order valence-electron chi connectivity index (χ0n) is 15.4. The number of benzene rings is 2. The number of para-hydroxylation sites is 1. The van der Waals surface area contributed by atoms with E-state index in [4.69, 9.17) is 4.55 Å². The van der Waals surface area contributed by atoms with Crippen LogP contribution in [0.2, 0.25) is 0 Å². The van der Waals surface area contributed by atoms with Gasteiger partial charge < -0.3 is 0 Å². The second-order valence-electron chi connectivity index (χ2n) is 6.76. The van der Waals surface area contributed by atoms with Crippen LogP contribution in [0.15, 0.2) is 53.4 Å². The molecule has 0 amide bonds. The van der Waals surface area contributed by atoms with Crippen molar-refractivity contribution in [3.8, 4) is 0 Å². The van der Waals surface area contributed by atoms with Crippen LogP contribution in [0.1, 0.15) is 38.8 Å². The van der Waals surface area contributed by atoms with Crippen LogP contribution in [0.25, 0.3) is 0 Å². The van der Waals surface area contributed by atoms with E-state index in [0.29, 0.717) is 0 Å². The van der Waals surface area contributed by atoms with Gasteiger partial charge in [0, 0.05) is 18.6 Å². The first-order chi connectivity index (χ1) is 11.6. The second-order valence-corrected chi connectivity index (χ2v) is 8.18. The van der Waals surface area contributed by atoms with Crippen LogP contribution in [0, 0.1) is 6.92 Å². The highest BCUT2D eigenvalue weighted by atomic mass is 32.2. The van der Waals surface area contributed by atoms with Crippen molar-refractivity contribution in [2.75, 3.05) is 6.54 Å². The van der Waals surface area contributed by atoms with E-state index in [1.54, 1.807) is 12.1 Å². The summed E-state index contributed by atoms with van der Waals surface area (Å²) in [7, 11) is -4.02. The fraction of sp³-hybridized carbons (Fsp3) is 0.350. The smallest absolute Gasteiger partial charge is 0.282 e. The molecule has 0 saturated carbocycles. The Morgan fingerprint density at radius 1 is 1.00 bits per heavy atom. The number of hydrogen-bond donors (Lipinski definition) is 1. The quantitative estimate of drug-likeness (QED) is 0.640. The predicted molar refractivity (Wildman–Crippen MR) is 102 cm³/mol. The van der Waals surface area contributed by atoms with E-state index in [1.165, 1.54) is 29.1 Å². The Balaban J connectivity index is 0.000000186. The third-order valence-corrected chi connectivity index (χ3v) is 5.68. The molecule has 1 heterocycles. The Morgan fingerprint density at radius 3 is 2.08 bits per heavy atom. The first-order valence-corrected chi connectivity index (χ1v) is 9.78. The molecule has 5 heteroatoms. The van der Waals surface area contributed by atoms with Crippen molar-refractivity contribution in [1.82, 2.24) is 0 Å². The Labute approximate surface area is 150 Å². The Bertz CT molecular complexity index is 895. The Hall–Kier alpha value is -1.98. The van der Waals surface area contributed by atoms with Crippen molar-refractivity contribution in [2.24, 2.45) is 0 Å². The lowest BCUT2D eigenvalue weighted by Crippen LogP contribution is -2.26. The molecule has 2 aromatic rings. The lowest BCUT2D eigenvalue weighted by molar-refractivity contribution is -0.434. The van der Waals surface area contributed by atoms with E-state index in [1.807, 2.05) is 6.92 Å². The molecule has 0 aromatic heterocycles. The maximum atomic E-state index is 10.5. The van der Waals surface area contributed by atoms with Crippen molar-refractivity contribution >= 4 is 21.5 Å². The molecule has 1 aliphatic rings. The first kappa shape index (κ1) is 19.3. The fourth-order valence-corrected chi connectivity index (χ4v) is 3.55. The summed E-state index contributed by atoms with van der Waals surface area (Å²) in [6, 6.07) is 14.7. The van der Waals surface area contributed by atoms with E-state index in [-0.39, 0.29) is 10.3 Å². The minimum Gasteiger partial charge on any atom is -0.282 e.